The van der Waals surface area contributed by atoms with Crippen molar-refractivity contribution >= 4 is 26.9 Å². The number of fused-ring (bicyclic) bond motifs is 1. The Morgan fingerprint density at radius 2 is 1.88 bits per heavy atom. The van der Waals surface area contributed by atoms with Crippen molar-refractivity contribution in [1.29, 1.82) is 0 Å². The van der Waals surface area contributed by atoms with Crippen molar-refractivity contribution in [2.24, 2.45) is 7.05 Å². The number of ether oxygens (including phenoxy) is 2. The zero-order chi connectivity index (χ0) is 23.8. The molecule has 13 heteroatoms. The van der Waals surface area contributed by atoms with Crippen molar-refractivity contribution in [1.82, 2.24) is 24.5 Å². The molecular formula is C20H20F2N6O4S. The van der Waals surface area contributed by atoms with Crippen LogP contribution >= 0.6 is 0 Å². The fourth-order valence-corrected chi connectivity index (χ4v) is 4.61. The number of H-pyrrole nitrogens is 1. The molecule has 3 heterocycles. The van der Waals surface area contributed by atoms with Gasteiger partial charge < -0.3 is 19.0 Å². The first-order valence-corrected chi connectivity index (χ1v) is 11.1. The summed E-state index contributed by atoms with van der Waals surface area (Å²) in [5.74, 6) is -0.144. The molecular weight excluding hydrogens is 458 g/mol. The molecule has 4 rings (SSSR count). The zero-order valence-electron chi connectivity index (χ0n) is 17.8. The van der Waals surface area contributed by atoms with Gasteiger partial charge in [0.2, 0.25) is 24.1 Å². The Morgan fingerprint density at radius 1 is 1.18 bits per heavy atom. The van der Waals surface area contributed by atoms with E-state index < -0.39 is 22.9 Å². The number of sulfonamides is 1. The van der Waals surface area contributed by atoms with Gasteiger partial charge in [-0.1, -0.05) is 12.1 Å². The highest BCUT2D eigenvalue weighted by molar-refractivity contribution is 7.93. The minimum Gasteiger partial charge on any atom is -0.481 e. The van der Waals surface area contributed by atoms with Crippen LogP contribution in [0.15, 0.2) is 41.7 Å². The van der Waals surface area contributed by atoms with Crippen molar-refractivity contribution in [2.45, 2.75) is 17.7 Å². The van der Waals surface area contributed by atoms with Crippen LogP contribution in [-0.2, 0) is 23.5 Å². The maximum atomic E-state index is 13.2. The van der Waals surface area contributed by atoms with Gasteiger partial charge in [0.25, 0.3) is 10.0 Å². The van der Waals surface area contributed by atoms with Gasteiger partial charge in [-0.2, -0.15) is 9.97 Å². The number of rotatable bonds is 8. The number of aromatic amines is 1. The number of alkyl halides is 2. The van der Waals surface area contributed by atoms with Crippen molar-refractivity contribution in [2.75, 3.05) is 18.9 Å². The second-order valence-electron chi connectivity index (χ2n) is 6.99. The van der Waals surface area contributed by atoms with E-state index in [4.69, 9.17) is 9.47 Å². The van der Waals surface area contributed by atoms with E-state index in [1.807, 2.05) is 17.7 Å². The summed E-state index contributed by atoms with van der Waals surface area (Å²) < 4.78 is 66.4. The molecule has 0 aliphatic rings. The first-order chi connectivity index (χ1) is 15.7. The SMILES string of the molecule is COc1nc(NS(=O)(=O)c2c[nH]c3c(-c4nccn4C)cccc23)nc(OC)c1CC(F)F. The summed E-state index contributed by atoms with van der Waals surface area (Å²) in [5.41, 5.74) is 1.23. The Hall–Kier alpha value is -3.74. The molecule has 4 aromatic rings. The largest absolute Gasteiger partial charge is 0.481 e. The number of imidazole rings is 1. The lowest BCUT2D eigenvalue weighted by atomic mass is 10.1. The minimum atomic E-state index is -4.17. The fraction of sp³-hybridized carbons (Fsp3) is 0.250. The van der Waals surface area contributed by atoms with E-state index in [0.29, 0.717) is 16.7 Å². The summed E-state index contributed by atoms with van der Waals surface area (Å²) in [6, 6.07) is 5.20. The third-order valence-electron chi connectivity index (χ3n) is 4.93. The third-order valence-corrected chi connectivity index (χ3v) is 6.30. The van der Waals surface area contributed by atoms with E-state index in [0.717, 1.165) is 5.56 Å². The Kier molecular flexibility index (Phi) is 5.89. The number of anilines is 1. The number of hydrogen-bond acceptors (Lipinski definition) is 7. The van der Waals surface area contributed by atoms with E-state index in [-0.39, 0.29) is 28.2 Å². The lowest BCUT2D eigenvalue weighted by molar-refractivity contribution is 0.146. The Bertz CT molecular complexity index is 1390. The first kappa shape index (κ1) is 22.5. The zero-order valence-corrected chi connectivity index (χ0v) is 18.7. The Morgan fingerprint density at radius 3 is 2.45 bits per heavy atom. The topological polar surface area (TPSA) is 124 Å². The van der Waals surface area contributed by atoms with Gasteiger partial charge in [-0.25, -0.2) is 26.9 Å². The average molecular weight is 478 g/mol. The summed E-state index contributed by atoms with van der Waals surface area (Å²) in [5, 5.41) is 0.427. The maximum Gasteiger partial charge on any atom is 0.266 e. The monoisotopic (exact) mass is 478 g/mol. The number of para-hydroxylation sites is 1. The van der Waals surface area contributed by atoms with Crippen molar-refractivity contribution in [3.8, 4) is 23.1 Å². The summed E-state index contributed by atoms with van der Waals surface area (Å²) >= 11 is 0. The summed E-state index contributed by atoms with van der Waals surface area (Å²) in [6.07, 6.45) is 1.37. The molecule has 174 valence electrons. The molecule has 0 spiro atoms. The number of halogens is 2. The molecule has 2 N–H and O–H groups in total. The molecule has 0 unspecified atom stereocenters. The standard InChI is InChI=1S/C20H20F2N6O4S/c1-28-8-7-23-17(28)12-6-4-5-11-14(10-24-16(11)12)33(29,30)27-20-25-18(31-2)13(9-15(21)22)19(26-20)32-3/h4-8,10,15,24H,9H2,1-3H3,(H,25,26,27). The van der Waals surface area contributed by atoms with Crippen LogP contribution in [0.1, 0.15) is 5.56 Å². The molecule has 0 atom stereocenters. The summed E-state index contributed by atoms with van der Waals surface area (Å²) in [4.78, 5) is 15.1. The molecule has 33 heavy (non-hydrogen) atoms. The highest BCUT2D eigenvalue weighted by Crippen LogP contribution is 2.33. The Labute approximate surface area is 187 Å². The molecule has 0 bridgehead atoms. The van der Waals surface area contributed by atoms with Crippen LogP contribution in [0.5, 0.6) is 11.8 Å². The van der Waals surface area contributed by atoms with Gasteiger partial charge in [0.15, 0.2) is 0 Å². The van der Waals surface area contributed by atoms with Crippen LogP contribution in [0.2, 0.25) is 0 Å². The number of benzene rings is 1. The second kappa shape index (κ2) is 8.65. The fourth-order valence-electron chi connectivity index (χ4n) is 3.49. The Balaban J connectivity index is 1.75. The number of hydrogen-bond donors (Lipinski definition) is 2. The molecule has 0 aliphatic carbocycles. The highest BCUT2D eigenvalue weighted by atomic mass is 32.2. The molecule has 10 nitrogen and oxygen atoms in total. The number of methoxy groups -OCH3 is 2. The molecule has 3 aromatic heterocycles. The van der Waals surface area contributed by atoms with Crippen molar-refractivity contribution in [3.05, 3.63) is 42.4 Å². The predicted molar refractivity (Wildman–Crippen MR) is 116 cm³/mol. The van der Waals surface area contributed by atoms with Gasteiger partial charge in [0.05, 0.1) is 25.3 Å². The van der Waals surface area contributed by atoms with Crippen molar-refractivity contribution in [3.63, 3.8) is 0 Å². The molecule has 0 aliphatic heterocycles. The van der Waals surface area contributed by atoms with Crippen LogP contribution in [0.25, 0.3) is 22.3 Å². The van der Waals surface area contributed by atoms with E-state index in [9.17, 15) is 17.2 Å². The minimum absolute atomic E-state index is 0.0493. The van der Waals surface area contributed by atoms with Gasteiger partial charge in [-0.05, 0) is 6.07 Å². The van der Waals surface area contributed by atoms with Crippen molar-refractivity contribution < 1.29 is 26.7 Å². The highest BCUT2D eigenvalue weighted by Gasteiger charge is 2.25. The van der Waals surface area contributed by atoms with Gasteiger partial charge in [0, 0.05) is 43.0 Å². The third kappa shape index (κ3) is 4.18. The van der Waals surface area contributed by atoms with Crippen LogP contribution in [0, 0.1) is 0 Å². The van der Waals surface area contributed by atoms with Gasteiger partial charge >= 0.3 is 0 Å². The molecule has 0 radical (unpaired) electrons. The van der Waals surface area contributed by atoms with Gasteiger partial charge in [-0.15, -0.1) is 0 Å². The van der Waals surface area contributed by atoms with Crippen LogP contribution < -0.4 is 14.2 Å². The summed E-state index contributed by atoms with van der Waals surface area (Å²) in [7, 11) is 0.122. The van der Waals surface area contributed by atoms with Crippen LogP contribution in [-0.4, -0.2) is 53.6 Å². The quantitative estimate of drug-likeness (QED) is 0.399. The van der Waals surface area contributed by atoms with Crippen LogP contribution in [0.4, 0.5) is 14.7 Å². The number of aromatic nitrogens is 5. The van der Waals surface area contributed by atoms with E-state index in [1.54, 1.807) is 24.5 Å². The smallest absolute Gasteiger partial charge is 0.266 e. The normalized spacial score (nSPS) is 11.8. The number of nitrogens with zero attached hydrogens (tertiary/aromatic N) is 4. The number of aryl methyl sites for hydroxylation is 1. The molecule has 1 aromatic carbocycles. The van der Waals surface area contributed by atoms with E-state index in [1.165, 1.54) is 20.4 Å². The second-order valence-corrected chi connectivity index (χ2v) is 8.64. The van der Waals surface area contributed by atoms with Crippen LogP contribution in [0.3, 0.4) is 0 Å². The lowest BCUT2D eigenvalue weighted by Gasteiger charge is -2.13. The average Bonchev–Trinajstić information content (AvgIpc) is 3.40. The first-order valence-electron chi connectivity index (χ1n) is 9.62. The van der Waals surface area contributed by atoms with Gasteiger partial charge in [0.1, 0.15) is 10.7 Å². The molecule has 0 amide bonds. The predicted octanol–water partition coefficient (Wildman–Crippen LogP) is 2.98. The molecule has 0 saturated heterocycles. The summed E-state index contributed by atoms with van der Waals surface area (Å²) in [6.45, 7) is 0. The molecule has 0 saturated carbocycles. The maximum absolute atomic E-state index is 13.2. The molecule has 0 fully saturated rings. The number of nitrogens with one attached hydrogen (secondary N) is 2. The lowest BCUT2D eigenvalue weighted by Crippen LogP contribution is -2.16. The van der Waals surface area contributed by atoms with E-state index in [2.05, 4.69) is 24.7 Å². The van der Waals surface area contributed by atoms with Gasteiger partial charge in [-0.3, -0.25) is 0 Å². The van der Waals surface area contributed by atoms with E-state index >= 15 is 0 Å².